The fourth-order valence-electron chi connectivity index (χ4n) is 1.23. The highest BCUT2D eigenvalue weighted by Crippen LogP contribution is 2.25. The molecule has 0 aromatic heterocycles. The molecule has 0 heterocycles. The van der Waals surface area contributed by atoms with Crippen LogP contribution in [0.5, 0.6) is 5.75 Å². The van der Waals surface area contributed by atoms with Gasteiger partial charge in [-0.1, -0.05) is 6.07 Å². The predicted octanol–water partition coefficient (Wildman–Crippen LogP) is 0.626. The van der Waals surface area contributed by atoms with Crippen LogP contribution in [-0.2, 0) is 0 Å². The zero-order valence-corrected chi connectivity index (χ0v) is 9.34. The van der Waals surface area contributed by atoms with Gasteiger partial charge in [0.15, 0.2) is 11.6 Å². The minimum atomic E-state index is -1.67. The summed E-state index contributed by atoms with van der Waals surface area (Å²) in [6.45, 7) is 2.12. The second kappa shape index (κ2) is 5.39. The van der Waals surface area contributed by atoms with E-state index >= 15 is 0 Å². The van der Waals surface area contributed by atoms with Crippen LogP contribution in [0.2, 0.25) is 0 Å². The predicted molar refractivity (Wildman–Crippen MR) is 59.2 cm³/mol. The van der Waals surface area contributed by atoms with Gasteiger partial charge in [0.2, 0.25) is 0 Å². The molecule has 6 heteroatoms. The topological polar surface area (TPSA) is 49.7 Å². The zero-order valence-electron chi connectivity index (χ0n) is 8.53. The van der Waals surface area contributed by atoms with E-state index in [1.807, 2.05) is 0 Å². The molecule has 3 nitrogen and oxygen atoms in total. The van der Waals surface area contributed by atoms with Crippen molar-refractivity contribution >= 4 is 24.3 Å². The van der Waals surface area contributed by atoms with Crippen molar-refractivity contribution in [3.63, 3.8) is 0 Å². The van der Waals surface area contributed by atoms with Crippen molar-refractivity contribution < 1.29 is 19.2 Å². The Hall–Kier alpha value is -0.715. The molecule has 0 unspecified atom stereocenters. The van der Waals surface area contributed by atoms with Crippen LogP contribution in [-0.4, -0.2) is 30.0 Å². The third kappa shape index (κ3) is 2.65. The summed E-state index contributed by atoms with van der Waals surface area (Å²) < 4.78 is 18.8. The smallest absolute Gasteiger partial charge is 0.489 e. The molecule has 1 rings (SSSR count). The van der Waals surface area contributed by atoms with Gasteiger partial charge >= 0.3 is 7.12 Å². The summed E-state index contributed by atoms with van der Waals surface area (Å²) in [6.07, 6.45) is 1.67. The van der Waals surface area contributed by atoms with E-state index < -0.39 is 12.9 Å². The Morgan fingerprint density at radius 2 is 2.13 bits per heavy atom. The van der Waals surface area contributed by atoms with Crippen LogP contribution in [0, 0.1) is 5.82 Å². The summed E-state index contributed by atoms with van der Waals surface area (Å²) in [5.74, 6) is -0.416. The first kappa shape index (κ1) is 12.4. The van der Waals surface area contributed by atoms with Crippen molar-refractivity contribution in [2.24, 2.45) is 0 Å². The van der Waals surface area contributed by atoms with E-state index in [1.165, 1.54) is 12.1 Å². The van der Waals surface area contributed by atoms with Gasteiger partial charge in [0.05, 0.1) is 6.61 Å². The Kier molecular flexibility index (Phi) is 4.44. The molecule has 0 atom stereocenters. The van der Waals surface area contributed by atoms with E-state index in [0.717, 1.165) is 11.8 Å². The van der Waals surface area contributed by atoms with Gasteiger partial charge in [-0.2, -0.15) is 0 Å². The standard InChI is InChI=1S/C9H12BFO3S/c1-3-14-7-5-4-6(10(12)13)9(15-2)8(7)11/h4-5,12-13H,3H2,1-2H3. The van der Waals surface area contributed by atoms with Gasteiger partial charge in [0.25, 0.3) is 0 Å². The molecule has 15 heavy (non-hydrogen) atoms. The van der Waals surface area contributed by atoms with Crippen molar-refractivity contribution in [1.29, 1.82) is 0 Å². The average Bonchev–Trinajstić information content (AvgIpc) is 2.20. The minimum Gasteiger partial charge on any atom is -0.491 e. The van der Waals surface area contributed by atoms with E-state index in [1.54, 1.807) is 13.2 Å². The van der Waals surface area contributed by atoms with Gasteiger partial charge in [-0.3, -0.25) is 0 Å². The minimum absolute atomic E-state index is 0.131. The lowest BCUT2D eigenvalue weighted by molar-refractivity contribution is 0.318. The maximum atomic E-state index is 13.7. The molecule has 0 bridgehead atoms. The molecular formula is C9H12BFO3S. The quantitative estimate of drug-likeness (QED) is 0.588. The van der Waals surface area contributed by atoms with Crippen molar-refractivity contribution in [3.05, 3.63) is 17.9 Å². The van der Waals surface area contributed by atoms with E-state index in [-0.39, 0.29) is 16.1 Å². The molecule has 0 fully saturated rings. The Morgan fingerprint density at radius 1 is 1.47 bits per heavy atom. The molecule has 0 aliphatic heterocycles. The molecule has 0 radical (unpaired) electrons. The maximum Gasteiger partial charge on any atom is 0.489 e. The van der Waals surface area contributed by atoms with E-state index in [0.29, 0.717) is 6.61 Å². The van der Waals surface area contributed by atoms with Crippen LogP contribution >= 0.6 is 11.8 Å². The Balaban J connectivity index is 3.20. The van der Waals surface area contributed by atoms with Gasteiger partial charge in [-0.25, -0.2) is 4.39 Å². The Bertz CT molecular complexity index is 346. The molecule has 0 aliphatic carbocycles. The molecule has 2 N–H and O–H groups in total. The summed E-state index contributed by atoms with van der Waals surface area (Å²) in [5, 5.41) is 18.0. The van der Waals surface area contributed by atoms with Crippen LogP contribution in [0.1, 0.15) is 6.92 Å². The summed E-state index contributed by atoms with van der Waals surface area (Å²) >= 11 is 1.12. The summed E-state index contributed by atoms with van der Waals surface area (Å²) in [7, 11) is -1.67. The second-order valence-electron chi connectivity index (χ2n) is 2.81. The zero-order chi connectivity index (χ0) is 11.4. The number of rotatable bonds is 4. The molecule has 0 saturated heterocycles. The van der Waals surface area contributed by atoms with Gasteiger partial charge < -0.3 is 14.8 Å². The number of halogens is 1. The van der Waals surface area contributed by atoms with Gasteiger partial charge in [0, 0.05) is 4.90 Å². The maximum absolute atomic E-state index is 13.7. The summed E-state index contributed by atoms with van der Waals surface area (Å²) in [4.78, 5) is 0.205. The van der Waals surface area contributed by atoms with Crippen molar-refractivity contribution in [2.75, 3.05) is 12.9 Å². The lowest BCUT2D eigenvalue weighted by Crippen LogP contribution is -2.32. The first-order valence-electron chi connectivity index (χ1n) is 4.47. The summed E-state index contributed by atoms with van der Waals surface area (Å²) in [5.41, 5.74) is 0.156. The van der Waals surface area contributed by atoms with Crippen molar-refractivity contribution in [1.82, 2.24) is 0 Å². The van der Waals surface area contributed by atoms with Crippen molar-refractivity contribution in [2.45, 2.75) is 11.8 Å². The van der Waals surface area contributed by atoms with Crippen LogP contribution in [0.15, 0.2) is 17.0 Å². The number of hydrogen-bond acceptors (Lipinski definition) is 4. The number of benzene rings is 1. The molecule has 0 spiro atoms. The van der Waals surface area contributed by atoms with Crippen molar-refractivity contribution in [3.8, 4) is 5.75 Å². The Morgan fingerprint density at radius 3 is 2.60 bits per heavy atom. The molecule has 1 aromatic carbocycles. The van der Waals surface area contributed by atoms with Crippen LogP contribution in [0.25, 0.3) is 0 Å². The molecule has 0 amide bonds. The fraction of sp³-hybridized carbons (Fsp3) is 0.333. The molecular weight excluding hydrogens is 218 g/mol. The molecule has 0 aliphatic rings. The van der Waals surface area contributed by atoms with Crippen LogP contribution in [0.3, 0.4) is 0 Å². The second-order valence-corrected chi connectivity index (χ2v) is 3.62. The highest BCUT2D eigenvalue weighted by molar-refractivity contribution is 7.98. The van der Waals surface area contributed by atoms with Crippen LogP contribution < -0.4 is 10.2 Å². The number of thioether (sulfide) groups is 1. The Labute approximate surface area is 92.4 Å². The fourth-order valence-corrected chi connectivity index (χ4v) is 1.92. The van der Waals surface area contributed by atoms with E-state index in [4.69, 9.17) is 14.8 Å². The molecule has 1 aromatic rings. The monoisotopic (exact) mass is 230 g/mol. The number of hydrogen-bond donors (Lipinski definition) is 2. The largest absolute Gasteiger partial charge is 0.491 e. The highest BCUT2D eigenvalue weighted by atomic mass is 32.2. The van der Waals surface area contributed by atoms with Gasteiger partial charge in [0.1, 0.15) is 0 Å². The van der Waals surface area contributed by atoms with E-state index in [9.17, 15) is 4.39 Å². The average molecular weight is 230 g/mol. The SMILES string of the molecule is CCOc1ccc(B(O)O)c(SC)c1F. The third-order valence-corrected chi connectivity index (χ3v) is 2.70. The highest BCUT2D eigenvalue weighted by Gasteiger charge is 2.21. The first-order chi connectivity index (χ1) is 7.11. The summed E-state index contributed by atoms with van der Waals surface area (Å²) in [6, 6.07) is 2.85. The number of ether oxygens (including phenoxy) is 1. The lowest BCUT2D eigenvalue weighted by atomic mass is 9.80. The van der Waals surface area contributed by atoms with E-state index in [2.05, 4.69) is 0 Å². The first-order valence-corrected chi connectivity index (χ1v) is 5.69. The third-order valence-electron chi connectivity index (χ3n) is 1.87. The van der Waals surface area contributed by atoms with Crippen LogP contribution in [0.4, 0.5) is 4.39 Å². The molecule has 82 valence electrons. The molecule has 0 saturated carbocycles. The lowest BCUT2D eigenvalue weighted by Gasteiger charge is -2.11. The van der Waals surface area contributed by atoms with Gasteiger partial charge in [-0.15, -0.1) is 11.8 Å². The normalized spacial score (nSPS) is 10.2. The van der Waals surface area contributed by atoms with Gasteiger partial charge in [-0.05, 0) is 24.7 Å².